The van der Waals surface area contributed by atoms with Gasteiger partial charge in [-0.1, -0.05) is 88.0 Å². The van der Waals surface area contributed by atoms with Crippen LogP contribution in [0.3, 0.4) is 0 Å². The lowest BCUT2D eigenvalue weighted by molar-refractivity contribution is 0.619. The van der Waals surface area contributed by atoms with Gasteiger partial charge in [-0.3, -0.25) is 0 Å². The van der Waals surface area contributed by atoms with E-state index in [1.54, 1.807) is 10.8 Å². The summed E-state index contributed by atoms with van der Waals surface area (Å²) in [5.74, 6) is 1.35. The summed E-state index contributed by atoms with van der Waals surface area (Å²) >= 11 is 0. The highest BCUT2D eigenvalue weighted by molar-refractivity contribution is 6.91. The van der Waals surface area contributed by atoms with Gasteiger partial charge in [0.05, 0.1) is 8.07 Å². The molecule has 106 valence electrons. The Kier molecular flexibility index (Phi) is 5.60. The lowest BCUT2D eigenvalue weighted by Gasteiger charge is -2.37. The van der Waals surface area contributed by atoms with E-state index in [9.17, 15) is 0 Å². The molecule has 1 aromatic carbocycles. The summed E-state index contributed by atoms with van der Waals surface area (Å²) in [4.78, 5) is 0. The van der Waals surface area contributed by atoms with Crippen molar-refractivity contribution in [3.8, 4) is 0 Å². The van der Waals surface area contributed by atoms with Crippen molar-refractivity contribution >= 4 is 13.3 Å². The molecule has 0 fully saturated rings. The molecule has 0 nitrogen and oxygen atoms in total. The summed E-state index contributed by atoms with van der Waals surface area (Å²) < 4.78 is 0. The molecular weight excluding hydrogens is 244 g/mol. The molecule has 0 aliphatic carbocycles. The van der Waals surface area contributed by atoms with E-state index in [-0.39, 0.29) is 0 Å². The fraction of sp³-hybridized carbons (Fsp3) is 0.556. The van der Waals surface area contributed by atoms with Gasteiger partial charge in [0.15, 0.2) is 0 Å². The first-order chi connectivity index (χ1) is 8.76. The summed E-state index contributed by atoms with van der Waals surface area (Å²) in [6.45, 7) is 16.7. The molecule has 0 amide bonds. The molecule has 19 heavy (non-hydrogen) atoms. The normalized spacial score (nSPS) is 15.1. The van der Waals surface area contributed by atoms with Gasteiger partial charge < -0.3 is 0 Å². The Bertz CT molecular complexity index is 413. The molecule has 0 aliphatic rings. The van der Waals surface area contributed by atoms with Gasteiger partial charge >= 0.3 is 0 Å². The van der Waals surface area contributed by atoms with Crippen LogP contribution in [0.1, 0.15) is 34.6 Å². The van der Waals surface area contributed by atoms with E-state index in [2.05, 4.69) is 84.1 Å². The van der Waals surface area contributed by atoms with E-state index in [0.717, 1.165) is 5.54 Å². The first-order valence-electron chi connectivity index (χ1n) is 7.50. The molecule has 0 spiro atoms. The predicted octanol–water partition coefficient (Wildman–Crippen LogP) is 5.23. The average molecular weight is 275 g/mol. The zero-order valence-electron chi connectivity index (χ0n) is 13.7. The van der Waals surface area contributed by atoms with Crippen LogP contribution in [-0.2, 0) is 0 Å². The maximum Gasteiger partial charge on any atom is 0.0878 e. The molecule has 0 heterocycles. The Morgan fingerprint density at radius 3 is 1.95 bits per heavy atom. The maximum absolute atomic E-state index is 2.52. The first kappa shape index (κ1) is 16.2. The van der Waals surface area contributed by atoms with Gasteiger partial charge in [-0.15, -0.1) is 0 Å². The topological polar surface area (TPSA) is 0 Å². The fourth-order valence-corrected chi connectivity index (χ4v) is 7.92. The summed E-state index contributed by atoms with van der Waals surface area (Å²) in [5.41, 5.74) is 2.31. The maximum atomic E-state index is 2.52. The van der Waals surface area contributed by atoms with E-state index in [1.807, 2.05) is 0 Å². The van der Waals surface area contributed by atoms with Crippen LogP contribution in [0.2, 0.25) is 18.6 Å². The highest BCUT2D eigenvalue weighted by Gasteiger charge is 2.36. The third-order valence-corrected chi connectivity index (χ3v) is 8.55. The van der Waals surface area contributed by atoms with Crippen LogP contribution in [0.4, 0.5) is 0 Å². The molecule has 1 rings (SSSR count). The average Bonchev–Trinajstić information content (AvgIpc) is 2.28. The standard InChI is InChI=1S/C18H30Si/c1-14(2)13-16(5)18(15(3)4)19(6,7)17-11-9-8-10-12-17/h8-15,18H,1-7H3/b16-13+. The minimum atomic E-state index is -1.47. The molecule has 0 N–H and O–H groups in total. The van der Waals surface area contributed by atoms with Gasteiger partial charge in [0, 0.05) is 0 Å². The van der Waals surface area contributed by atoms with E-state index in [1.165, 1.54) is 0 Å². The SMILES string of the molecule is C/C(=C\C(C)C)C(C(C)C)[Si](C)(C)c1ccccc1. The number of hydrogen-bond donors (Lipinski definition) is 0. The van der Waals surface area contributed by atoms with Gasteiger partial charge in [-0.25, -0.2) is 0 Å². The van der Waals surface area contributed by atoms with Gasteiger partial charge in [0.2, 0.25) is 0 Å². The summed E-state index contributed by atoms with van der Waals surface area (Å²) in [6.07, 6.45) is 2.46. The lowest BCUT2D eigenvalue weighted by atomic mass is 10.00. The summed E-state index contributed by atoms with van der Waals surface area (Å²) in [5, 5.41) is 1.57. The smallest absolute Gasteiger partial charge is 0.0830 e. The van der Waals surface area contributed by atoms with Gasteiger partial charge in [0.1, 0.15) is 0 Å². The Hall–Kier alpha value is -0.823. The zero-order valence-corrected chi connectivity index (χ0v) is 14.7. The van der Waals surface area contributed by atoms with Gasteiger partial charge in [-0.2, -0.15) is 0 Å². The van der Waals surface area contributed by atoms with Crippen LogP contribution in [0.15, 0.2) is 42.0 Å². The van der Waals surface area contributed by atoms with Crippen LogP contribution >= 0.6 is 0 Å². The van der Waals surface area contributed by atoms with Gasteiger partial charge in [0.25, 0.3) is 0 Å². The molecule has 0 aliphatic heterocycles. The van der Waals surface area contributed by atoms with Crippen molar-refractivity contribution in [3.63, 3.8) is 0 Å². The van der Waals surface area contributed by atoms with Gasteiger partial charge in [-0.05, 0) is 24.3 Å². The molecule has 0 saturated heterocycles. The third-order valence-electron chi connectivity index (χ3n) is 4.05. The Morgan fingerprint density at radius 1 is 1.00 bits per heavy atom. The van der Waals surface area contributed by atoms with Crippen LogP contribution < -0.4 is 5.19 Å². The second-order valence-corrected chi connectivity index (χ2v) is 11.6. The van der Waals surface area contributed by atoms with Crippen molar-refractivity contribution in [1.82, 2.24) is 0 Å². The Morgan fingerprint density at radius 2 is 1.53 bits per heavy atom. The van der Waals surface area contributed by atoms with E-state index >= 15 is 0 Å². The van der Waals surface area contributed by atoms with E-state index in [0.29, 0.717) is 11.8 Å². The largest absolute Gasteiger partial charge is 0.0878 e. The van der Waals surface area contributed by atoms with Crippen LogP contribution in [0, 0.1) is 11.8 Å². The molecule has 1 heteroatoms. The molecular formula is C18H30Si. The first-order valence-corrected chi connectivity index (χ1v) is 10.6. The molecule has 1 aromatic rings. The quantitative estimate of drug-likeness (QED) is 0.509. The minimum Gasteiger partial charge on any atom is -0.0830 e. The molecule has 0 aromatic heterocycles. The number of benzene rings is 1. The monoisotopic (exact) mass is 274 g/mol. The molecule has 1 unspecified atom stereocenters. The second kappa shape index (κ2) is 6.56. The minimum absolute atomic E-state index is 0.641. The lowest BCUT2D eigenvalue weighted by Crippen LogP contribution is -2.48. The third kappa shape index (κ3) is 4.07. The number of hydrogen-bond acceptors (Lipinski definition) is 0. The van der Waals surface area contributed by atoms with Crippen molar-refractivity contribution in [1.29, 1.82) is 0 Å². The number of rotatable bonds is 5. The molecule has 0 saturated carbocycles. The van der Waals surface area contributed by atoms with Crippen LogP contribution in [-0.4, -0.2) is 8.07 Å². The van der Waals surface area contributed by atoms with Crippen molar-refractivity contribution in [3.05, 3.63) is 42.0 Å². The van der Waals surface area contributed by atoms with E-state index < -0.39 is 8.07 Å². The van der Waals surface area contributed by atoms with Crippen LogP contribution in [0.25, 0.3) is 0 Å². The molecule has 1 atom stereocenters. The predicted molar refractivity (Wildman–Crippen MR) is 90.7 cm³/mol. The van der Waals surface area contributed by atoms with E-state index in [4.69, 9.17) is 0 Å². The van der Waals surface area contributed by atoms with Crippen molar-refractivity contribution < 1.29 is 0 Å². The Balaban J connectivity index is 3.19. The highest BCUT2D eigenvalue weighted by Crippen LogP contribution is 2.36. The molecule has 0 bridgehead atoms. The highest BCUT2D eigenvalue weighted by atomic mass is 28.3. The summed E-state index contributed by atoms with van der Waals surface area (Å²) in [7, 11) is -1.47. The van der Waals surface area contributed by atoms with Crippen molar-refractivity contribution in [2.24, 2.45) is 11.8 Å². The zero-order chi connectivity index (χ0) is 14.6. The summed E-state index contributed by atoms with van der Waals surface area (Å²) in [6, 6.07) is 11.1. The fourth-order valence-electron chi connectivity index (χ4n) is 3.61. The Labute approximate surface area is 121 Å². The molecule has 0 radical (unpaired) electrons. The second-order valence-electron chi connectivity index (χ2n) is 6.96. The number of allylic oxidation sites excluding steroid dienone is 2. The van der Waals surface area contributed by atoms with Crippen molar-refractivity contribution in [2.75, 3.05) is 0 Å². The van der Waals surface area contributed by atoms with Crippen LogP contribution in [0.5, 0.6) is 0 Å². The van der Waals surface area contributed by atoms with Crippen molar-refractivity contribution in [2.45, 2.75) is 53.3 Å².